The minimum atomic E-state index is -0.630. The Morgan fingerprint density at radius 2 is 1.89 bits per heavy atom. The monoisotopic (exact) mass is 266 g/mol. The van der Waals surface area contributed by atoms with E-state index < -0.39 is 12.0 Å². The highest BCUT2D eigenvalue weighted by Gasteiger charge is 2.15. The zero-order valence-corrected chi connectivity index (χ0v) is 11.0. The van der Waals surface area contributed by atoms with Crippen LogP contribution < -0.4 is 11.5 Å². The first-order valence-electron chi connectivity index (χ1n) is 6.46. The second kappa shape index (κ2) is 8.63. The van der Waals surface area contributed by atoms with Crippen LogP contribution in [0.5, 0.6) is 0 Å². The van der Waals surface area contributed by atoms with Crippen LogP contribution in [0.4, 0.5) is 0 Å². The maximum atomic E-state index is 11.6. The Hall–Kier alpha value is -1.43. The summed E-state index contributed by atoms with van der Waals surface area (Å²) in [6.07, 6.45) is 1.86. The Kier molecular flexibility index (Phi) is 7.10. The van der Waals surface area contributed by atoms with Crippen LogP contribution in [0.25, 0.3) is 0 Å². The molecule has 19 heavy (non-hydrogen) atoms. The molecule has 0 radical (unpaired) electrons. The normalized spacial score (nSPS) is 13.8. The molecule has 5 N–H and O–H groups in total. The quantitative estimate of drug-likeness (QED) is 0.597. The van der Waals surface area contributed by atoms with Crippen LogP contribution in [0.1, 0.15) is 24.8 Å². The lowest BCUT2D eigenvalue weighted by Crippen LogP contribution is -2.33. The molecule has 0 saturated carbocycles. The number of hydrogen-bond donors (Lipinski definition) is 3. The molecule has 0 heterocycles. The molecule has 106 valence electrons. The highest BCUT2D eigenvalue weighted by Crippen LogP contribution is 2.05. The van der Waals surface area contributed by atoms with E-state index in [1.165, 1.54) is 0 Å². The molecule has 1 aromatic rings. The second-order valence-electron chi connectivity index (χ2n) is 4.57. The average molecular weight is 266 g/mol. The summed E-state index contributed by atoms with van der Waals surface area (Å²) in [6, 6.07) is 8.58. The molecule has 1 unspecified atom stereocenters. The third-order valence-corrected chi connectivity index (χ3v) is 2.85. The number of benzene rings is 1. The standard InChI is InChI=1S/C14H22N2O3/c15-12(9-17)7-4-8-13(16)14(18)19-10-11-5-2-1-3-6-11/h1-3,5-6,12-13,17H,4,7-10,15-16H2/t12-,13?/m0/s1. The van der Waals surface area contributed by atoms with Gasteiger partial charge in [-0.2, -0.15) is 0 Å². The maximum Gasteiger partial charge on any atom is 0.323 e. The van der Waals surface area contributed by atoms with Crippen molar-refractivity contribution in [1.29, 1.82) is 0 Å². The molecule has 0 amide bonds. The molecular formula is C14H22N2O3. The molecule has 1 aromatic carbocycles. The molecule has 1 rings (SSSR count). The van der Waals surface area contributed by atoms with E-state index in [0.29, 0.717) is 19.3 Å². The number of nitrogens with two attached hydrogens (primary N) is 2. The van der Waals surface area contributed by atoms with E-state index in [0.717, 1.165) is 5.56 Å². The summed E-state index contributed by atoms with van der Waals surface area (Å²) < 4.78 is 5.13. The number of aliphatic hydroxyl groups is 1. The van der Waals surface area contributed by atoms with Crippen molar-refractivity contribution >= 4 is 5.97 Å². The van der Waals surface area contributed by atoms with Gasteiger partial charge in [0.05, 0.1) is 6.61 Å². The van der Waals surface area contributed by atoms with Gasteiger partial charge in [-0.15, -0.1) is 0 Å². The lowest BCUT2D eigenvalue weighted by molar-refractivity contribution is -0.146. The van der Waals surface area contributed by atoms with E-state index >= 15 is 0 Å². The fourth-order valence-electron chi connectivity index (χ4n) is 1.64. The van der Waals surface area contributed by atoms with Gasteiger partial charge in [-0.25, -0.2) is 0 Å². The average Bonchev–Trinajstić information content (AvgIpc) is 2.45. The molecule has 0 aliphatic heterocycles. The van der Waals surface area contributed by atoms with E-state index in [1.807, 2.05) is 30.3 Å². The fourth-order valence-corrected chi connectivity index (χ4v) is 1.64. The molecule has 0 aliphatic rings. The molecule has 0 spiro atoms. The molecule has 0 aromatic heterocycles. The lowest BCUT2D eigenvalue weighted by atomic mass is 10.1. The van der Waals surface area contributed by atoms with Crippen molar-refractivity contribution in [3.63, 3.8) is 0 Å². The van der Waals surface area contributed by atoms with E-state index in [-0.39, 0.29) is 19.3 Å². The van der Waals surface area contributed by atoms with Gasteiger partial charge < -0.3 is 21.3 Å². The van der Waals surface area contributed by atoms with Crippen molar-refractivity contribution in [3.8, 4) is 0 Å². The minimum absolute atomic E-state index is 0.0479. The summed E-state index contributed by atoms with van der Waals surface area (Å²) in [5.74, 6) is -0.401. The predicted octanol–water partition coefficient (Wildman–Crippen LogP) is 0.547. The van der Waals surface area contributed by atoms with Gasteiger partial charge in [0.25, 0.3) is 0 Å². The van der Waals surface area contributed by atoms with Gasteiger partial charge >= 0.3 is 5.97 Å². The van der Waals surface area contributed by atoms with Gasteiger partial charge in [0, 0.05) is 6.04 Å². The summed E-state index contributed by atoms with van der Waals surface area (Å²) in [4.78, 5) is 11.6. The summed E-state index contributed by atoms with van der Waals surface area (Å²) in [7, 11) is 0. The number of aliphatic hydroxyl groups excluding tert-OH is 1. The van der Waals surface area contributed by atoms with Crippen LogP contribution in [0, 0.1) is 0 Å². The first kappa shape index (κ1) is 15.6. The number of esters is 1. The molecular weight excluding hydrogens is 244 g/mol. The van der Waals surface area contributed by atoms with Crippen LogP contribution in [-0.4, -0.2) is 29.8 Å². The van der Waals surface area contributed by atoms with E-state index in [4.69, 9.17) is 21.3 Å². The van der Waals surface area contributed by atoms with Crippen LogP contribution >= 0.6 is 0 Å². The Morgan fingerprint density at radius 1 is 1.21 bits per heavy atom. The molecule has 0 fully saturated rings. The first-order valence-corrected chi connectivity index (χ1v) is 6.46. The smallest absolute Gasteiger partial charge is 0.323 e. The van der Waals surface area contributed by atoms with E-state index in [1.54, 1.807) is 0 Å². The van der Waals surface area contributed by atoms with Gasteiger partial charge in [0.15, 0.2) is 0 Å². The first-order chi connectivity index (χ1) is 9.13. The second-order valence-corrected chi connectivity index (χ2v) is 4.57. The van der Waals surface area contributed by atoms with Gasteiger partial charge in [-0.05, 0) is 24.8 Å². The number of ether oxygens (including phenoxy) is 1. The molecule has 5 heteroatoms. The van der Waals surface area contributed by atoms with Crippen LogP contribution in [0.3, 0.4) is 0 Å². The highest BCUT2D eigenvalue weighted by atomic mass is 16.5. The number of hydrogen-bond acceptors (Lipinski definition) is 5. The van der Waals surface area contributed by atoms with Crippen LogP contribution in [0.15, 0.2) is 30.3 Å². The van der Waals surface area contributed by atoms with Crippen LogP contribution in [0.2, 0.25) is 0 Å². The fraction of sp³-hybridized carbons (Fsp3) is 0.500. The van der Waals surface area contributed by atoms with Gasteiger partial charge in [-0.1, -0.05) is 30.3 Å². The Labute approximate surface area is 113 Å². The molecule has 0 saturated heterocycles. The third kappa shape index (κ3) is 6.33. The number of carbonyl (C=O) groups is 1. The molecule has 0 bridgehead atoms. The Bertz CT molecular complexity index is 370. The molecule has 2 atom stereocenters. The third-order valence-electron chi connectivity index (χ3n) is 2.85. The van der Waals surface area contributed by atoms with Crippen molar-refractivity contribution in [3.05, 3.63) is 35.9 Å². The van der Waals surface area contributed by atoms with Crippen LogP contribution in [-0.2, 0) is 16.1 Å². The van der Waals surface area contributed by atoms with Crippen molar-refractivity contribution < 1.29 is 14.6 Å². The summed E-state index contributed by atoms with van der Waals surface area (Å²) in [5.41, 5.74) is 12.2. The number of carbonyl (C=O) groups excluding carboxylic acids is 1. The number of rotatable bonds is 8. The van der Waals surface area contributed by atoms with Crippen molar-refractivity contribution in [2.24, 2.45) is 11.5 Å². The van der Waals surface area contributed by atoms with E-state index in [2.05, 4.69) is 0 Å². The zero-order chi connectivity index (χ0) is 14.1. The SMILES string of the molecule is NC(CCC[C@H](N)CO)C(=O)OCc1ccccc1. The summed E-state index contributed by atoms with van der Waals surface area (Å²) >= 11 is 0. The van der Waals surface area contributed by atoms with Gasteiger partial charge in [0.2, 0.25) is 0 Å². The molecule has 0 aliphatic carbocycles. The predicted molar refractivity (Wildman–Crippen MR) is 73.1 cm³/mol. The lowest BCUT2D eigenvalue weighted by Gasteiger charge is -2.13. The summed E-state index contributed by atoms with van der Waals surface area (Å²) in [6.45, 7) is 0.192. The minimum Gasteiger partial charge on any atom is -0.460 e. The van der Waals surface area contributed by atoms with E-state index in [9.17, 15) is 4.79 Å². The zero-order valence-electron chi connectivity index (χ0n) is 11.0. The largest absolute Gasteiger partial charge is 0.460 e. The van der Waals surface area contributed by atoms with Gasteiger partial charge in [-0.3, -0.25) is 4.79 Å². The summed E-state index contributed by atoms with van der Waals surface area (Å²) in [5, 5.41) is 8.77. The Balaban J connectivity index is 2.21. The maximum absolute atomic E-state index is 11.6. The highest BCUT2D eigenvalue weighted by molar-refractivity contribution is 5.75. The van der Waals surface area contributed by atoms with Crippen molar-refractivity contribution in [2.75, 3.05) is 6.61 Å². The van der Waals surface area contributed by atoms with Crippen molar-refractivity contribution in [1.82, 2.24) is 0 Å². The molecule has 5 nitrogen and oxygen atoms in total. The Morgan fingerprint density at radius 3 is 2.53 bits per heavy atom. The van der Waals surface area contributed by atoms with Crippen molar-refractivity contribution in [2.45, 2.75) is 38.0 Å². The van der Waals surface area contributed by atoms with Gasteiger partial charge in [0.1, 0.15) is 12.6 Å². The topological polar surface area (TPSA) is 98.6 Å².